The second-order valence-corrected chi connectivity index (χ2v) is 6.16. The predicted molar refractivity (Wildman–Crippen MR) is 98.2 cm³/mol. The molecule has 0 fully saturated rings. The molecule has 24 heavy (non-hydrogen) atoms. The predicted octanol–water partition coefficient (Wildman–Crippen LogP) is 2.68. The van der Waals surface area contributed by atoms with Crippen molar-refractivity contribution in [1.82, 2.24) is 15.2 Å². The van der Waals surface area contributed by atoms with Crippen LogP contribution in [-0.4, -0.2) is 43.0 Å². The first-order chi connectivity index (χ1) is 11.6. The van der Waals surface area contributed by atoms with Gasteiger partial charge in [-0.25, -0.2) is 0 Å². The fraction of sp³-hybridized carbons (Fsp3) is 0.368. The Kier molecular flexibility index (Phi) is 6.75. The molecule has 0 aliphatic carbocycles. The van der Waals surface area contributed by atoms with Crippen molar-refractivity contribution in [1.29, 1.82) is 0 Å². The zero-order valence-corrected chi connectivity index (χ0v) is 14.7. The average molecular weight is 326 g/mol. The third kappa shape index (κ3) is 5.66. The first kappa shape index (κ1) is 17.9. The second kappa shape index (κ2) is 9.03. The van der Waals surface area contributed by atoms with Crippen LogP contribution in [0.4, 0.5) is 5.69 Å². The van der Waals surface area contributed by atoms with Crippen LogP contribution in [0, 0.1) is 6.92 Å². The summed E-state index contributed by atoms with van der Waals surface area (Å²) in [4.78, 5) is 18.4. The summed E-state index contributed by atoms with van der Waals surface area (Å²) >= 11 is 0. The fourth-order valence-electron chi connectivity index (χ4n) is 2.37. The summed E-state index contributed by atoms with van der Waals surface area (Å²) in [5.74, 6) is -0.0826. The number of hydrogen-bond donors (Lipinski definition) is 2. The molecule has 2 rings (SSSR count). The van der Waals surface area contributed by atoms with Gasteiger partial charge in [-0.1, -0.05) is 24.3 Å². The molecule has 1 aromatic carbocycles. The molecule has 0 unspecified atom stereocenters. The first-order valence-corrected chi connectivity index (χ1v) is 8.22. The lowest BCUT2D eigenvalue weighted by molar-refractivity contribution is 0.0952. The monoisotopic (exact) mass is 326 g/mol. The molecule has 0 saturated carbocycles. The molecule has 0 spiro atoms. The van der Waals surface area contributed by atoms with Crippen molar-refractivity contribution in [3.05, 3.63) is 59.4 Å². The van der Waals surface area contributed by atoms with Gasteiger partial charge in [0.15, 0.2) is 0 Å². The van der Waals surface area contributed by atoms with Gasteiger partial charge in [0.05, 0.1) is 11.3 Å². The number of nitrogens with one attached hydrogen (secondary N) is 2. The van der Waals surface area contributed by atoms with Crippen LogP contribution in [0.15, 0.2) is 42.7 Å². The van der Waals surface area contributed by atoms with E-state index in [1.807, 2.05) is 32.3 Å². The molecule has 0 aliphatic rings. The van der Waals surface area contributed by atoms with Crippen LogP contribution in [0.1, 0.15) is 27.9 Å². The van der Waals surface area contributed by atoms with Crippen LogP contribution in [-0.2, 0) is 6.54 Å². The molecule has 1 heterocycles. The lowest BCUT2D eigenvalue weighted by Crippen LogP contribution is -2.27. The molecule has 0 bridgehead atoms. The molecule has 2 N–H and O–H groups in total. The van der Waals surface area contributed by atoms with Gasteiger partial charge in [-0.05, 0) is 51.2 Å². The minimum atomic E-state index is -0.0826. The van der Waals surface area contributed by atoms with Gasteiger partial charge in [0.25, 0.3) is 5.91 Å². The second-order valence-electron chi connectivity index (χ2n) is 6.16. The summed E-state index contributed by atoms with van der Waals surface area (Å²) in [5.41, 5.74) is 3.90. The van der Waals surface area contributed by atoms with Crippen LogP contribution in [0.3, 0.4) is 0 Å². The SMILES string of the molecule is Cc1ccccc1CNc1cncc(C(=O)NCCCN(C)C)c1. The molecular weight excluding hydrogens is 300 g/mol. The van der Waals surface area contributed by atoms with Crippen molar-refractivity contribution in [2.75, 3.05) is 32.5 Å². The summed E-state index contributed by atoms with van der Waals surface area (Å²) in [5, 5.41) is 6.26. The maximum Gasteiger partial charge on any atom is 0.252 e. The molecule has 2 aromatic rings. The summed E-state index contributed by atoms with van der Waals surface area (Å²) in [6.45, 7) is 4.42. The highest BCUT2D eigenvalue weighted by atomic mass is 16.1. The Morgan fingerprint density at radius 2 is 2.00 bits per heavy atom. The zero-order valence-electron chi connectivity index (χ0n) is 14.7. The molecule has 1 amide bonds. The van der Waals surface area contributed by atoms with E-state index in [9.17, 15) is 4.79 Å². The van der Waals surface area contributed by atoms with Crippen molar-refractivity contribution in [3.63, 3.8) is 0 Å². The van der Waals surface area contributed by atoms with Gasteiger partial charge in [0.2, 0.25) is 0 Å². The summed E-state index contributed by atoms with van der Waals surface area (Å²) in [6.07, 6.45) is 4.26. The van der Waals surface area contributed by atoms with Gasteiger partial charge in [-0.15, -0.1) is 0 Å². The highest BCUT2D eigenvalue weighted by Gasteiger charge is 2.07. The fourth-order valence-corrected chi connectivity index (χ4v) is 2.37. The molecule has 0 aliphatic heterocycles. The van der Waals surface area contributed by atoms with Gasteiger partial charge < -0.3 is 15.5 Å². The van der Waals surface area contributed by atoms with E-state index in [0.29, 0.717) is 18.7 Å². The molecular formula is C19H26N4O. The number of rotatable bonds is 8. The Morgan fingerprint density at radius 3 is 2.75 bits per heavy atom. The number of anilines is 1. The van der Waals surface area contributed by atoms with Crippen LogP contribution in [0.2, 0.25) is 0 Å². The van der Waals surface area contributed by atoms with E-state index in [2.05, 4.69) is 39.6 Å². The molecule has 5 heteroatoms. The van der Waals surface area contributed by atoms with E-state index in [4.69, 9.17) is 0 Å². The van der Waals surface area contributed by atoms with E-state index < -0.39 is 0 Å². The van der Waals surface area contributed by atoms with E-state index in [1.165, 1.54) is 11.1 Å². The van der Waals surface area contributed by atoms with E-state index in [0.717, 1.165) is 18.7 Å². The third-order valence-corrected chi connectivity index (χ3v) is 3.81. The van der Waals surface area contributed by atoms with Crippen molar-refractivity contribution in [3.8, 4) is 0 Å². The van der Waals surface area contributed by atoms with Crippen LogP contribution < -0.4 is 10.6 Å². The van der Waals surface area contributed by atoms with Crippen molar-refractivity contribution < 1.29 is 4.79 Å². The highest BCUT2D eigenvalue weighted by molar-refractivity contribution is 5.94. The van der Waals surface area contributed by atoms with Crippen molar-refractivity contribution >= 4 is 11.6 Å². The number of nitrogens with zero attached hydrogens (tertiary/aromatic N) is 2. The quantitative estimate of drug-likeness (QED) is 0.732. The Bertz CT molecular complexity index is 670. The molecule has 128 valence electrons. The lowest BCUT2D eigenvalue weighted by Gasteiger charge is -2.11. The van der Waals surface area contributed by atoms with E-state index in [1.54, 1.807) is 12.4 Å². The number of benzene rings is 1. The minimum absolute atomic E-state index is 0.0826. The summed E-state index contributed by atoms with van der Waals surface area (Å²) in [6, 6.07) is 10.1. The Labute approximate surface area is 144 Å². The maximum absolute atomic E-state index is 12.2. The zero-order chi connectivity index (χ0) is 17.4. The summed E-state index contributed by atoms with van der Waals surface area (Å²) in [7, 11) is 4.05. The Hall–Kier alpha value is -2.40. The molecule has 0 saturated heterocycles. The first-order valence-electron chi connectivity index (χ1n) is 8.22. The van der Waals surface area contributed by atoms with E-state index in [-0.39, 0.29) is 5.91 Å². The number of carbonyl (C=O) groups is 1. The lowest BCUT2D eigenvalue weighted by atomic mass is 10.1. The van der Waals surface area contributed by atoms with Gasteiger partial charge in [-0.2, -0.15) is 0 Å². The van der Waals surface area contributed by atoms with Crippen LogP contribution in [0.25, 0.3) is 0 Å². The number of amides is 1. The Morgan fingerprint density at radius 1 is 1.21 bits per heavy atom. The van der Waals surface area contributed by atoms with Crippen LogP contribution >= 0.6 is 0 Å². The molecule has 1 aromatic heterocycles. The standard InChI is InChI=1S/C19H26N4O/c1-15-7-4-5-8-16(15)13-22-18-11-17(12-20-14-18)19(24)21-9-6-10-23(2)3/h4-5,7-8,11-12,14,22H,6,9-10,13H2,1-3H3,(H,21,24). The van der Waals surface area contributed by atoms with Crippen molar-refractivity contribution in [2.45, 2.75) is 19.9 Å². The number of hydrogen-bond acceptors (Lipinski definition) is 4. The molecule has 5 nitrogen and oxygen atoms in total. The smallest absolute Gasteiger partial charge is 0.252 e. The number of pyridine rings is 1. The normalized spacial score (nSPS) is 10.7. The Balaban J connectivity index is 1.89. The summed E-state index contributed by atoms with van der Waals surface area (Å²) < 4.78 is 0. The van der Waals surface area contributed by atoms with Gasteiger partial charge >= 0.3 is 0 Å². The largest absolute Gasteiger partial charge is 0.380 e. The maximum atomic E-state index is 12.2. The molecule has 0 radical (unpaired) electrons. The van der Waals surface area contributed by atoms with Gasteiger partial charge in [-0.3, -0.25) is 9.78 Å². The minimum Gasteiger partial charge on any atom is -0.380 e. The van der Waals surface area contributed by atoms with Crippen molar-refractivity contribution in [2.24, 2.45) is 0 Å². The highest BCUT2D eigenvalue weighted by Crippen LogP contribution is 2.12. The number of carbonyl (C=O) groups excluding carboxylic acids is 1. The topological polar surface area (TPSA) is 57.3 Å². The molecule has 0 atom stereocenters. The third-order valence-electron chi connectivity index (χ3n) is 3.81. The van der Waals surface area contributed by atoms with E-state index >= 15 is 0 Å². The average Bonchev–Trinajstić information content (AvgIpc) is 2.58. The number of aryl methyl sites for hydroxylation is 1. The van der Waals surface area contributed by atoms with Gasteiger partial charge in [0.1, 0.15) is 0 Å². The number of aromatic nitrogens is 1. The van der Waals surface area contributed by atoms with Crippen LogP contribution in [0.5, 0.6) is 0 Å². The van der Waals surface area contributed by atoms with Gasteiger partial charge in [0, 0.05) is 25.5 Å².